The third kappa shape index (κ3) is 3.77. The van der Waals surface area contributed by atoms with Crippen molar-refractivity contribution in [2.75, 3.05) is 0 Å². The van der Waals surface area contributed by atoms with Crippen molar-refractivity contribution in [3.8, 4) is 0 Å². The summed E-state index contributed by atoms with van der Waals surface area (Å²) in [5.74, 6) is -0.746. The highest BCUT2D eigenvalue weighted by atomic mass is 32.1. The number of aliphatic hydroxyl groups is 1. The molecule has 0 aliphatic carbocycles. The van der Waals surface area contributed by atoms with Gasteiger partial charge in [-0.1, -0.05) is 17.3 Å². The van der Waals surface area contributed by atoms with Crippen LogP contribution in [0.15, 0.2) is 45.3 Å². The Morgan fingerprint density at radius 3 is 2.83 bits per heavy atom. The minimum Gasteiger partial charge on any atom is -0.388 e. The van der Waals surface area contributed by atoms with E-state index in [2.05, 4.69) is 15.1 Å². The number of hydrogen-bond donors (Lipinski definition) is 2. The Kier molecular flexibility index (Phi) is 4.91. The summed E-state index contributed by atoms with van der Waals surface area (Å²) in [5, 5.41) is 15.7. The minimum atomic E-state index is -0.939. The molecule has 1 aromatic carbocycles. The zero-order chi connectivity index (χ0) is 20.5. The van der Waals surface area contributed by atoms with E-state index in [4.69, 9.17) is 10.3 Å². The van der Waals surface area contributed by atoms with Crippen molar-refractivity contribution in [3.05, 3.63) is 75.0 Å². The van der Waals surface area contributed by atoms with Gasteiger partial charge in [0, 0.05) is 11.8 Å². The molecule has 0 unspecified atom stereocenters. The van der Waals surface area contributed by atoms with Gasteiger partial charge in [-0.2, -0.15) is 4.98 Å². The molecule has 0 saturated carbocycles. The lowest BCUT2D eigenvalue weighted by molar-refractivity contribution is 0.100. The van der Waals surface area contributed by atoms with Crippen molar-refractivity contribution >= 4 is 27.5 Å². The zero-order valence-electron chi connectivity index (χ0n) is 14.8. The fourth-order valence-corrected chi connectivity index (χ4v) is 3.71. The fraction of sp³-hybridized carbons (Fsp3) is 0.167. The van der Waals surface area contributed by atoms with E-state index in [0.717, 1.165) is 11.3 Å². The normalized spacial score (nSPS) is 12.3. The lowest BCUT2D eigenvalue weighted by atomic mass is 10.1. The summed E-state index contributed by atoms with van der Waals surface area (Å²) in [6.07, 6.45) is 0.437. The Balaban J connectivity index is 1.54. The van der Waals surface area contributed by atoms with Crippen LogP contribution >= 0.6 is 11.3 Å². The molecular weight excluding hydrogens is 401 g/mol. The smallest absolute Gasteiger partial charge is 0.263 e. The van der Waals surface area contributed by atoms with Crippen LogP contribution in [0.25, 0.3) is 10.2 Å². The minimum absolute atomic E-state index is 0.0532. The van der Waals surface area contributed by atoms with Gasteiger partial charge in [-0.3, -0.25) is 14.2 Å². The number of benzene rings is 1. The van der Waals surface area contributed by atoms with E-state index in [-0.39, 0.29) is 35.6 Å². The van der Waals surface area contributed by atoms with Crippen molar-refractivity contribution < 1.29 is 18.8 Å². The third-order valence-corrected chi connectivity index (χ3v) is 5.16. The molecule has 148 valence electrons. The highest BCUT2D eigenvalue weighted by molar-refractivity contribution is 7.17. The van der Waals surface area contributed by atoms with Gasteiger partial charge in [0.25, 0.3) is 5.56 Å². The van der Waals surface area contributed by atoms with Crippen molar-refractivity contribution in [2.24, 2.45) is 5.73 Å². The number of fused-ring (bicyclic) bond motifs is 1. The van der Waals surface area contributed by atoms with Crippen LogP contribution in [0.3, 0.4) is 0 Å². The van der Waals surface area contributed by atoms with Crippen LogP contribution in [0, 0.1) is 5.82 Å². The molecule has 0 spiro atoms. The molecule has 0 bridgehead atoms. The molecule has 3 aromatic heterocycles. The number of primary amides is 1. The van der Waals surface area contributed by atoms with Gasteiger partial charge in [0.1, 0.15) is 17.2 Å². The molecule has 3 heterocycles. The van der Waals surface area contributed by atoms with Gasteiger partial charge in [0.05, 0.1) is 23.4 Å². The highest BCUT2D eigenvalue weighted by Gasteiger charge is 2.18. The summed E-state index contributed by atoms with van der Waals surface area (Å²) >= 11 is 1.15. The summed E-state index contributed by atoms with van der Waals surface area (Å²) < 4.78 is 19.4. The zero-order valence-corrected chi connectivity index (χ0v) is 15.6. The van der Waals surface area contributed by atoms with Gasteiger partial charge in [-0.15, -0.1) is 11.3 Å². The third-order valence-electron chi connectivity index (χ3n) is 4.27. The van der Waals surface area contributed by atoms with E-state index in [1.165, 1.54) is 40.5 Å². The summed E-state index contributed by atoms with van der Waals surface area (Å²) in [5.41, 5.74) is 5.49. The Morgan fingerprint density at radius 1 is 1.34 bits per heavy atom. The van der Waals surface area contributed by atoms with Crippen LogP contribution < -0.4 is 11.3 Å². The molecule has 11 heteroatoms. The second-order valence-electron chi connectivity index (χ2n) is 6.25. The molecule has 1 amide bonds. The largest absolute Gasteiger partial charge is 0.388 e. The summed E-state index contributed by atoms with van der Waals surface area (Å²) in [7, 11) is 0. The Morgan fingerprint density at radius 2 is 2.10 bits per heavy atom. The second kappa shape index (κ2) is 7.53. The lowest BCUT2D eigenvalue weighted by Crippen LogP contribution is -2.23. The molecule has 0 aliphatic rings. The molecule has 0 fully saturated rings. The van der Waals surface area contributed by atoms with Crippen LogP contribution in [0.5, 0.6) is 0 Å². The second-order valence-corrected chi connectivity index (χ2v) is 7.11. The number of thiophene rings is 1. The van der Waals surface area contributed by atoms with E-state index in [1.807, 2.05) is 0 Å². The molecule has 29 heavy (non-hydrogen) atoms. The number of amides is 1. The molecule has 1 atom stereocenters. The summed E-state index contributed by atoms with van der Waals surface area (Å²) in [6, 6.07) is 5.44. The molecule has 0 radical (unpaired) electrons. The standard InChI is InChI=1S/C18H14FN5O4S/c19-10-3-1-9(2-4-10)12(25)5-13-22-14(28-23-13)6-24-8-21-17-15(18(24)27)11(7-29-17)16(20)26/h1-4,7-8,12,25H,5-6H2,(H2,20,26)/t12-/m0/s1. The number of nitrogens with two attached hydrogens (primary N) is 1. The number of aliphatic hydroxyl groups excluding tert-OH is 1. The number of halogens is 1. The Hall–Kier alpha value is -3.44. The van der Waals surface area contributed by atoms with E-state index < -0.39 is 23.4 Å². The summed E-state index contributed by atoms with van der Waals surface area (Å²) in [4.78, 5) is 32.9. The maximum atomic E-state index is 13.0. The van der Waals surface area contributed by atoms with Crippen LogP contribution in [0.4, 0.5) is 4.39 Å². The number of nitrogens with zero attached hydrogens (tertiary/aromatic N) is 4. The lowest BCUT2D eigenvalue weighted by Gasteiger charge is -2.07. The average molecular weight is 415 g/mol. The maximum absolute atomic E-state index is 13.0. The van der Waals surface area contributed by atoms with Gasteiger partial charge in [0.2, 0.25) is 11.8 Å². The van der Waals surface area contributed by atoms with Crippen LogP contribution in [0.2, 0.25) is 0 Å². The van der Waals surface area contributed by atoms with E-state index in [1.54, 1.807) is 0 Å². The highest BCUT2D eigenvalue weighted by Crippen LogP contribution is 2.20. The molecule has 3 N–H and O–H groups in total. The Bertz CT molecular complexity index is 1250. The monoisotopic (exact) mass is 415 g/mol. The van der Waals surface area contributed by atoms with Gasteiger partial charge in [0.15, 0.2) is 5.82 Å². The summed E-state index contributed by atoms with van der Waals surface area (Å²) in [6.45, 7) is -0.0601. The number of carbonyl (C=O) groups excluding carboxylic acids is 1. The first-order chi connectivity index (χ1) is 13.9. The number of aromatic nitrogens is 4. The first kappa shape index (κ1) is 18.9. The predicted molar refractivity (Wildman–Crippen MR) is 101 cm³/mol. The molecule has 9 nitrogen and oxygen atoms in total. The van der Waals surface area contributed by atoms with E-state index >= 15 is 0 Å². The molecule has 4 rings (SSSR count). The average Bonchev–Trinajstić information content (AvgIpc) is 3.32. The van der Waals surface area contributed by atoms with Gasteiger partial charge in [-0.25, -0.2) is 9.37 Å². The predicted octanol–water partition coefficient (Wildman–Crippen LogP) is 1.40. The molecule has 0 saturated heterocycles. The number of hydrogen-bond acceptors (Lipinski definition) is 8. The first-order valence-corrected chi connectivity index (χ1v) is 9.32. The van der Waals surface area contributed by atoms with Crippen molar-refractivity contribution in [3.63, 3.8) is 0 Å². The quantitative estimate of drug-likeness (QED) is 0.486. The van der Waals surface area contributed by atoms with E-state index in [9.17, 15) is 19.1 Å². The van der Waals surface area contributed by atoms with Gasteiger partial charge in [-0.05, 0) is 17.7 Å². The van der Waals surface area contributed by atoms with Gasteiger partial charge < -0.3 is 15.4 Å². The van der Waals surface area contributed by atoms with Crippen LogP contribution in [-0.4, -0.2) is 30.7 Å². The van der Waals surface area contributed by atoms with E-state index in [0.29, 0.717) is 10.4 Å². The topological polar surface area (TPSA) is 137 Å². The molecular formula is C18H14FN5O4S. The fourth-order valence-electron chi connectivity index (χ4n) is 2.82. The Labute approximate surface area is 166 Å². The molecule has 0 aliphatic heterocycles. The number of carbonyl (C=O) groups is 1. The first-order valence-electron chi connectivity index (χ1n) is 8.44. The van der Waals surface area contributed by atoms with Crippen molar-refractivity contribution in [1.82, 2.24) is 19.7 Å². The van der Waals surface area contributed by atoms with Crippen molar-refractivity contribution in [1.29, 1.82) is 0 Å². The number of rotatable bonds is 6. The van der Waals surface area contributed by atoms with Crippen molar-refractivity contribution in [2.45, 2.75) is 19.1 Å². The van der Waals surface area contributed by atoms with Crippen LogP contribution in [-0.2, 0) is 13.0 Å². The maximum Gasteiger partial charge on any atom is 0.263 e. The van der Waals surface area contributed by atoms with Crippen LogP contribution in [0.1, 0.15) is 33.7 Å². The van der Waals surface area contributed by atoms with Gasteiger partial charge >= 0.3 is 0 Å². The SMILES string of the molecule is NC(=O)c1csc2ncn(Cc3nc(C[C@H](O)c4ccc(F)cc4)no3)c(=O)c12. The molecule has 4 aromatic rings.